The second kappa shape index (κ2) is 10.4. The van der Waals surface area contributed by atoms with E-state index in [2.05, 4.69) is 5.32 Å². The highest BCUT2D eigenvalue weighted by Gasteiger charge is 2.23. The van der Waals surface area contributed by atoms with Crippen molar-refractivity contribution in [3.8, 4) is 0 Å². The van der Waals surface area contributed by atoms with Crippen LogP contribution in [0.15, 0.2) is 18.2 Å². The van der Waals surface area contributed by atoms with Crippen LogP contribution in [-0.4, -0.2) is 66.1 Å². The maximum Gasteiger partial charge on any atom is 0.317 e. The number of likely N-dealkylation sites (tertiary alicyclic amines) is 1. The number of aliphatic carboxylic acids is 1. The van der Waals surface area contributed by atoms with Crippen LogP contribution < -0.4 is 5.32 Å². The number of carboxylic acids is 1. The smallest absolute Gasteiger partial charge is 0.317 e. The van der Waals surface area contributed by atoms with E-state index in [1.807, 2.05) is 9.80 Å². The van der Waals surface area contributed by atoms with Crippen molar-refractivity contribution in [1.82, 2.24) is 9.80 Å². The average Bonchev–Trinajstić information content (AvgIpc) is 2.76. The summed E-state index contributed by atoms with van der Waals surface area (Å²) in [6, 6.07) is 3.07. The van der Waals surface area contributed by atoms with Crippen molar-refractivity contribution in [2.24, 2.45) is 0 Å². The lowest BCUT2D eigenvalue weighted by Crippen LogP contribution is -2.37. The molecule has 0 aromatic heterocycles. The van der Waals surface area contributed by atoms with E-state index in [-0.39, 0.29) is 37.2 Å². The van der Waals surface area contributed by atoms with Crippen molar-refractivity contribution in [3.63, 3.8) is 0 Å². The number of likely N-dealkylation sites (N-methyl/N-ethyl adjacent to an activating group) is 1. The van der Waals surface area contributed by atoms with Crippen molar-refractivity contribution >= 4 is 30.0 Å². The number of carbonyl (C=O) groups excluding carboxylic acids is 1. The molecule has 9 heteroatoms. The third-order valence-corrected chi connectivity index (χ3v) is 4.37. The van der Waals surface area contributed by atoms with Crippen LogP contribution in [0.1, 0.15) is 19.3 Å². The van der Waals surface area contributed by atoms with Gasteiger partial charge in [0.05, 0.1) is 18.8 Å². The highest BCUT2D eigenvalue weighted by atomic mass is 35.5. The maximum atomic E-state index is 13.6. The van der Waals surface area contributed by atoms with E-state index in [0.29, 0.717) is 13.1 Å². The molecule has 2 rings (SSSR count). The number of benzene rings is 1. The van der Waals surface area contributed by atoms with Crippen LogP contribution in [0.2, 0.25) is 0 Å². The van der Waals surface area contributed by atoms with Gasteiger partial charge in [0, 0.05) is 18.7 Å². The molecule has 146 valence electrons. The first-order chi connectivity index (χ1) is 11.8. The minimum atomic E-state index is -0.861. The van der Waals surface area contributed by atoms with Gasteiger partial charge in [-0.3, -0.25) is 19.4 Å². The Morgan fingerprint density at radius 3 is 2.73 bits per heavy atom. The monoisotopic (exact) mass is 391 g/mol. The van der Waals surface area contributed by atoms with Gasteiger partial charge < -0.3 is 10.4 Å². The molecule has 0 spiro atoms. The molecule has 26 heavy (non-hydrogen) atoms. The zero-order chi connectivity index (χ0) is 18.4. The molecule has 1 amide bonds. The van der Waals surface area contributed by atoms with E-state index in [4.69, 9.17) is 5.11 Å². The molecule has 1 heterocycles. The van der Waals surface area contributed by atoms with Crippen LogP contribution in [0.5, 0.6) is 0 Å². The Balaban J connectivity index is 0.00000338. The molecule has 1 aliphatic rings. The minimum absolute atomic E-state index is 0. The Morgan fingerprint density at radius 2 is 2.04 bits per heavy atom. The Morgan fingerprint density at radius 1 is 1.31 bits per heavy atom. The zero-order valence-electron chi connectivity index (χ0n) is 14.6. The van der Waals surface area contributed by atoms with Crippen LogP contribution in [0.3, 0.4) is 0 Å². The summed E-state index contributed by atoms with van der Waals surface area (Å²) in [5, 5.41) is 11.3. The van der Waals surface area contributed by atoms with Gasteiger partial charge in [-0.2, -0.15) is 0 Å². The van der Waals surface area contributed by atoms with E-state index in [1.165, 1.54) is 0 Å². The lowest BCUT2D eigenvalue weighted by molar-refractivity contribution is -0.138. The van der Waals surface area contributed by atoms with E-state index in [0.717, 1.165) is 37.5 Å². The minimum Gasteiger partial charge on any atom is -0.480 e. The van der Waals surface area contributed by atoms with E-state index in [9.17, 15) is 18.4 Å². The number of rotatable bonds is 6. The van der Waals surface area contributed by atoms with Crippen molar-refractivity contribution in [2.45, 2.75) is 25.3 Å². The molecule has 1 fully saturated rings. The molecule has 1 saturated heterocycles. The van der Waals surface area contributed by atoms with Gasteiger partial charge in [0.1, 0.15) is 11.6 Å². The third-order valence-electron chi connectivity index (χ3n) is 4.37. The first kappa shape index (κ1) is 22.3. The van der Waals surface area contributed by atoms with Crippen molar-refractivity contribution in [1.29, 1.82) is 0 Å². The molecule has 2 N–H and O–H groups in total. The fourth-order valence-electron chi connectivity index (χ4n) is 3.07. The summed E-state index contributed by atoms with van der Waals surface area (Å²) in [5.41, 5.74) is -0.168. The van der Waals surface area contributed by atoms with E-state index in [1.54, 1.807) is 7.05 Å². The predicted octanol–water partition coefficient (Wildman–Crippen LogP) is 2.20. The van der Waals surface area contributed by atoms with Gasteiger partial charge in [-0.1, -0.05) is 0 Å². The molecule has 0 saturated carbocycles. The molecule has 1 aliphatic heterocycles. The van der Waals surface area contributed by atoms with Gasteiger partial charge in [-0.15, -0.1) is 12.4 Å². The van der Waals surface area contributed by atoms with Gasteiger partial charge in [0.25, 0.3) is 0 Å². The molecule has 0 bridgehead atoms. The number of nitrogens with one attached hydrogen (secondary N) is 1. The Bertz CT molecular complexity index is 633. The fraction of sp³-hybridized carbons (Fsp3) is 0.529. The average molecular weight is 392 g/mol. The van der Waals surface area contributed by atoms with Gasteiger partial charge in [-0.05, 0) is 45.0 Å². The van der Waals surface area contributed by atoms with E-state index >= 15 is 0 Å². The number of halogens is 3. The second-order valence-corrected chi connectivity index (χ2v) is 6.34. The summed E-state index contributed by atoms with van der Waals surface area (Å²) in [7, 11) is 1.79. The van der Waals surface area contributed by atoms with Crippen LogP contribution >= 0.6 is 12.4 Å². The maximum absolute atomic E-state index is 13.6. The number of nitrogens with zero attached hydrogens (tertiary/aromatic N) is 2. The molecule has 0 aliphatic carbocycles. The van der Waals surface area contributed by atoms with Crippen LogP contribution in [0.25, 0.3) is 0 Å². The lowest BCUT2D eigenvalue weighted by Gasteiger charge is -2.25. The number of hydrogen-bond donors (Lipinski definition) is 2. The summed E-state index contributed by atoms with van der Waals surface area (Å²) in [6.07, 6.45) is 2.46. The normalized spacial score (nSPS) is 18.1. The quantitative estimate of drug-likeness (QED) is 0.777. The van der Waals surface area contributed by atoms with Gasteiger partial charge in [0.2, 0.25) is 5.91 Å². The van der Waals surface area contributed by atoms with E-state index < -0.39 is 23.5 Å². The Hall–Kier alpha value is -1.77. The summed E-state index contributed by atoms with van der Waals surface area (Å²) < 4.78 is 26.7. The number of amides is 1. The summed E-state index contributed by atoms with van der Waals surface area (Å²) in [6.45, 7) is 1.43. The van der Waals surface area contributed by atoms with Crippen molar-refractivity contribution < 1.29 is 23.5 Å². The topological polar surface area (TPSA) is 72.9 Å². The molecule has 0 radical (unpaired) electrons. The Labute approximate surface area is 157 Å². The van der Waals surface area contributed by atoms with Crippen molar-refractivity contribution in [3.05, 3.63) is 29.8 Å². The molecular weight excluding hydrogens is 368 g/mol. The molecular formula is C17H24ClF2N3O3. The standard InChI is InChI=1S/C17H23F2N3O3.ClH/c1-21(11-17(24)25)13-3-2-7-22(8-6-13)10-16(23)20-15-9-12(18)4-5-14(15)19;/h4-5,9,13H,2-3,6-8,10-11H2,1H3,(H,20,23)(H,24,25);1H. The highest BCUT2D eigenvalue weighted by Crippen LogP contribution is 2.17. The molecule has 6 nitrogen and oxygen atoms in total. The van der Waals surface area contributed by atoms with Gasteiger partial charge in [0.15, 0.2) is 0 Å². The number of hydrogen-bond acceptors (Lipinski definition) is 4. The van der Waals surface area contributed by atoms with Crippen LogP contribution in [-0.2, 0) is 9.59 Å². The molecule has 1 aromatic rings. The molecule has 1 aromatic carbocycles. The first-order valence-corrected chi connectivity index (χ1v) is 8.24. The second-order valence-electron chi connectivity index (χ2n) is 6.34. The summed E-state index contributed by atoms with van der Waals surface area (Å²) in [4.78, 5) is 26.7. The molecule has 1 unspecified atom stereocenters. The Kier molecular flexibility index (Phi) is 8.91. The fourth-order valence-corrected chi connectivity index (χ4v) is 3.07. The SMILES string of the molecule is CN(CC(=O)O)C1CCCN(CC(=O)Nc2cc(F)ccc2F)CC1.Cl. The zero-order valence-corrected chi connectivity index (χ0v) is 15.4. The number of carboxylic acid groups (broad SMARTS) is 1. The van der Waals surface area contributed by atoms with Crippen molar-refractivity contribution in [2.75, 3.05) is 38.5 Å². The number of anilines is 1. The third kappa shape index (κ3) is 6.86. The van der Waals surface area contributed by atoms with Gasteiger partial charge in [-0.25, -0.2) is 8.78 Å². The summed E-state index contributed by atoms with van der Waals surface area (Å²) in [5.74, 6) is -2.56. The van der Waals surface area contributed by atoms with Crippen LogP contribution in [0.4, 0.5) is 14.5 Å². The predicted molar refractivity (Wildman–Crippen MR) is 96.6 cm³/mol. The highest BCUT2D eigenvalue weighted by molar-refractivity contribution is 5.92. The first-order valence-electron chi connectivity index (χ1n) is 8.24. The molecule has 1 atom stereocenters. The van der Waals surface area contributed by atoms with Gasteiger partial charge >= 0.3 is 5.97 Å². The largest absolute Gasteiger partial charge is 0.480 e. The lowest BCUT2D eigenvalue weighted by atomic mass is 10.1. The number of carbonyl (C=O) groups is 2. The summed E-state index contributed by atoms with van der Waals surface area (Å²) >= 11 is 0. The van der Waals surface area contributed by atoms with Crippen LogP contribution in [0, 0.1) is 11.6 Å².